The Balaban J connectivity index is 1.55. The van der Waals surface area contributed by atoms with Gasteiger partial charge in [-0.1, -0.05) is 39.8 Å². The predicted octanol–water partition coefficient (Wildman–Crippen LogP) is 4.33. The molecule has 326 valence electrons. The third kappa shape index (κ3) is 9.57. The molecular weight excluding hydrogens is 741 g/mol. The van der Waals surface area contributed by atoms with Crippen molar-refractivity contribution in [3.63, 3.8) is 0 Å². The van der Waals surface area contributed by atoms with Gasteiger partial charge in [0.05, 0.1) is 53.7 Å². The number of likely N-dealkylation sites (N-methyl/N-ethyl adjacent to an activating group) is 1. The molecule has 57 heavy (non-hydrogen) atoms. The van der Waals surface area contributed by atoms with E-state index >= 15 is 0 Å². The number of hydrogen-bond acceptors (Lipinski definition) is 13. The minimum Gasteiger partial charge on any atom is -0.459 e. The van der Waals surface area contributed by atoms with Crippen LogP contribution in [0.2, 0.25) is 0 Å². The van der Waals surface area contributed by atoms with Crippen LogP contribution in [0, 0.1) is 29.5 Å². The van der Waals surface area contributed by atoms with Gasteiger partial charge in [-0.2, -0.15) is 0 Å². The number of aliphatic hydroxyl groups is 4. The average Bonchev–Trinajstić information content (AvgIpc) is 3.48. The third-order valence-electron chi connectivity index (χ3n) is 13.6. The van der Waals surface area contributed by atoms with Gasteiger partial charge in [0.2, 0.25) is 0 Å². The fourth-order valence-corrected chi connectivity index (χ4v) is 10.1. The molecule has 14 heteroatoms. The SMILES string of the molecule is CC[C@@H](O)[C@@](C)(O)[C@@H]1OC(=O)[C@H](C)[C@@H](O[C@H]2C[C@@](C)(OC)[C@@H](O)[C@H](C)O2)[C@H](C)[C@@H](O[C@@H]2O[C@H](C)C[C@H](N(C)Cc3ccc(F)cc3)[C@H]2O)[C@@]2(C)C[C@@H](C)[C@H](O2)[C@@H]1C. The first-order valence-electron chi connectivity index (χ1n) is 20.8. The number of carbonyl (C=O) groups is 1. The van der Waals surface area contributed by atoms with Crippen LogP contribution in [0.3, 0.4) is 0 Å². The summed E-state index contributed by atoms with van der Waals surface area (Å²) in [6.45, 7) is 18.6. The average molecular weight is 812 g/mol. The maximum Gasteiger partial charge on any atom is 0.311 e. The number of fused-ring (bicyclic) bond motifs is 2. The summed E-state index contributed by atoms with van der Waals surface area (Å²) in [7, 11) is 3.43. The second kappa shape index (κ2) is 18.0. The van der Waals surface area contributed by atoms with E-state index in [0.717, 1.165) is 5.56 Å². The van der Waals surface area contributed by atoms with Gasteiger partial charge in [0.1, 0.15) is 29.7 Å². The van der Waals surface area contributed by atoms with Crippen LogP contribution in [0.25, 0.3) is 0 Å². The van der Waals surface area contributed by atoms with E-state index in [1.165, 1.54) is 26.2 Å². The maximum atomic E-state index is 14.4. The summed E-state index contributed by atoms with van der Waals surface area (Å²) < 4.78 is 59.2. The highest BCUT2D eigenvalue weighted by Crippen LogP contribution is 2.48. The first kappa shape index (κ1) is 46.2. The fraction of sp³-hybridized carbons (Fsp3) is 0.837. The number of methoxy groups -OCH3 is 1. The van der Waals surface area contributed by atoms with Crippen molar-refractivity contribution in [2.45, 2.75) is 192 Å². The monoisotopic (exact) mass is 811 g/mol. The highest BCUT2D eigenvalue weighted by atomic mass is 19.1. The maximum absolute atomic E-state index is 14.4. The van der Waals surface area contributed by atoms with Gasteiger partial charge in [0, 0.05) is 38.0 Å². The van der Waals surface area contributed by atoms with Gasteiger partial charge in [0.15, 0.2) is 12.6 Å². The number of ether oxygens (including phenoxy) is 7. The molecule has 0 aromatic heterocycles. The van der Waals surface area contributed by atoms with E-state index in [0.29, 0.717) is 19.4 Å². The summed E-state index contributed by atoms with van der Waals surface area (Å²) in [5.41, 5.74) is -2.96. The molecule has 4 saturated heterocycles. The van der Waals surface area contributed by atoms with Crippen LogP contribution in [0.15, 0.2) is 24.3 Å². The van der Waals surface area contributed by atoms with Crippen LogP contribution in [0.4, 0.5) is 4.39 Å². The molecule has 1 aromatic carbocycles. The molecule has 1 aromatic rings. The molecule has 0 amide bonds. The summed E-state index contributed by atoms with van der Waals surface area (Å²) in [6, 6.07) is 5.90. The van der Waals surface area contributed by atoms with Crippen molar-refractivity contribution in [1.82, 2.24) is 4.90 Å². The second-order valence-corrected chi connectivity index (χ2v) is 18.3. The van der Waals surface area contributed by atoms with Gasteiger partial charge in [0.25, 0.3) is 0 Å². The standard InChI is InChI=1S/C43H70FNO12/c1-13-31(46)43(10,50)38-24(4)34-22(2)19-42(9,57-34)37(56-40-33(47)30(18-23(3)52-40)45(11)21-28-14-16-29(44)17-15-28)25(5)35(26(6)39(49)55-38)54-32-20-41(8,51-12)36(48)27(7)53-32/h14-17,22-27,30-38,40,46-48,50H,13,18-21H2,1-12H3/t22-,23-,24+,25+,26-,27+,30+,31-,32+,33-,34+,35+,36+,37-,38-,40+,41-,42-,43-/m1/s1. The molecule has 4 heterocycles. The van der Waals surface area contributed by atoms with Crippen LogP contribution in [0.5, 0.6) is 0 Å². The third-order valence-corrected chi connectivity index (χ3v) is 13.6. The van der Waals surface area contributed by atoms with Crippen molar-refractivity contribution in [3.05, 3.63) is 35.6 Å². The van der Waals surface area contributed by atoms with Gasteiger partial charge in [-0.15, -0.1) is 0 Å². The zero-order chi connectivity index (χ0) is 42.4. The number of nitrogens with zero attached hydrogens (tertiary/aromatic N) is 1. The first-order chi connectivity index (χ1) is 26.6. The van der Waals surface area contributed by atoms with E-state index < -0.39 is 102 Å². The molecule has 4 aliphatic heterocycles. The van der Waals surface area contributed by atoms with E-state index in [9.17, 15) is 29.6 Å². The first-order valence-corrected chi connectivity index (χ1v) is 20.8. The number of aliphatic hydroxyl groups excluding tert-OH is 3. The zero-order valence-corrected chi connectivity index (χ0v) is 36.0. The summed E-state index contributed by atoms with van der Waals surface area (Å²) in [6.07, 6.45) is -8.25. The topological polar surface area (TPSA) is 166 Å². The van der Waals surface area contributed by atoms with Crippen LogP contribution in [-0.4, -0.2) is 136 Å². The largest absolute Gasteiger partial charge is 0.459 e. The van der Waals surface area contributed by atoms with Gasteiger partial charge in [-0.25, -0.2) is 4.39 Å². The number of cyclic esters (lactones) is 1. The predicted molar refractivity (Wildman–Crippen MR) is 208 cm³/mol. The van der Waals surface area contributed by atoms with Crippen molar-refractivity contribution in [2.75, 3.05) is 14.2 Å². The van der Waals surface area contributed by atoms with Crippen molar-refractivity contribution >= 4 is 5.97 Å². The van der Waals surface area contributed by atoms with E-state index in [-0.39, 0.29) is 36.7 Å². The van der Waals surface area contributed by atoms with Crippen molar-refractivity contribution < 1.29 is 62.8 Å². The van der Waals surface area contributed by atoms with E-state index in [1.54, 1.807) is 39.8 Å². The number of halogens is 1. The molecule has 13 nitrogen and oxygen atoms in total. The van der Waals surface area contributed by atoms with Crippen molar-refractivity contribution in [1.29, 1.82) is 0 Å². The summed E-state index contributed by atoms with van der Waals surface area (Å²) in [5, 5.41) is 45.9. The summed E-state index contributed by atoms with van der Waals surface area (Å²) in [4.78, 5) is 16.4. The molecule has 4 aliphatic rings. The number of carbonyl (C=O) groups excluding carboxylic acids is 1. The smallest absolute Gasteiger partial charge is 0.311 e. The molecule has 4 N–H and O–H groups in total. The quantitative estimate of drug-likeness (QED) is 0.234. The molecular formula is C43H70FNO12. The minimum atomic E-state index is -1.82. The lowest BCUT2D eigenvalue weighted by Gasteiger charge is -2.48. The Labute approximate surface area is 338 Å². The minimum absolute atomic E-state index is 0.104. The van der Waals surface area contributed by atoms with Crippen LogP contribution in [-0.2, 0) is 44.5 Å². The van der Waals surface area contributed by atoms with E-state index in [4.69, 9.17) is 33.2 Å². The fourth-order valence-electron chi connectivity index (χ4n) is 10.1. The lowest BCUT2D eigenvalue weighted by atomic mass is 9.76. The summed E-state index contributed by atoms with van der Waals surface area (Å²) in [5.74, 6) is -3.22. The Kier molecular flexibility index (Phi) is 14.6. The Hall–Kier alpha value is -1.82. The van der Waals surface area contributed by atoms with Crippen molar-refractivity contribution in [3.8, 4) is 0 Å². The number of benzene rings is 1. The molecule has 19 atom stereocenters. The molecule has 2 bridgehead atoms. The lowest BCUT2D eigenvalue weighted by molar-refractivity contribution is -0.318. The van der Waals surface area contributed by atoms with Crippen molar-refractivity contribution in [2.24, 2.45) is 23.7 Å². The Bertz CT molecular complexity index is 1490. The summed E-state index contributed by atoms with van der Waals surface area (Å²) >= 11 is 0. The van der Waals surface area contributed by atoms with Gasteiger partial charge in [-0.3, -0.25) is 9.69 Å². The Morgan fingerprint density at radius 1 is 1.02 bits per heavy atom. The number of hydrogen-bond donors (Lipinski definition) is 4. The van der Waals surface area contributed by atoms with E-state index in [1.807, 2.05) is 46.6 Å². The highest BCUT2D eigenvalue weighted by Gasteiger charge is 2.59. The van der Waals surface area contributed by atoms with Gasteiger partial charge in [-0.05, 0) is 91.5 Å². The molecule has 0 spiro atoms. The Morgan fingerprint density at radius 2 is 1.67 bits per heavy atom. The van der Waals surface area contributed by atoms with Gasteiger partial charge >= 0.3 is 5.97 Å². The molecule has 0 unspecified atom stereocenters. The second-order valence-electron chi connectivity index (χ2n) is 18.3. The van der Waals surface area contributed by atoms with Crippen LogP contribution in [0.1, 0.15) is 100 Å². The van der Waals surface area contributed by atoms with E-state index in [2.05, 4.69) is 0 Å². The number of esters is 1. The molecule has 0 saturated carbocycles. The number of rotatable bonds is 11. The van der Waals surface area contributed by atoms with Crippen LogP contribution < -0.4 is 0 Å². The van der Waals surface area contributed by atoms with Gasteiger partial charge < -0.3 is 53.6 Å². The van der Waals surface area contributed by atoms with Crippen LogP contribution >= 0.6 is 0 Å². The zero-order valence-electron chi connectivity index (χ0n) is 36.0. The normalized spacial score (nSPS) is 44.9. The highest BCUT2D eigenvalue weighted by molar-refractivity contribution is 5.73. The molecule has 0 aliphatic carbocycles. The molecule has 0 radical (unpaired) electrons. The Morgan fingerprint density at radius 3 is 2.28 bits per heavy atom. The molecule has 4 fully saturated rings. The molecule has 5 rings (SSSR count). The lowest BCUT2D eigenvalue weighted by Crippen LogP contribution is -2.60.